The van der Waals surface area contributed by atoms with Crippen LogP contribution in [0.25, 0.3) is 0 Å². The van der Waals surface area contributed by atoms with Gasteiger partial charge in [0.2, 0.25) is 0 Å². The van der Waals surface area contributed by atoms with Crippen molar-refractivity contribution < 1.29 is 30.0 Å². The number of carboxylic acid groups (broad SMARTS) is 2. The third-order valence-electron chi connectivity index (χ3n) is 1.75. The molecule has 0 atom stereocenters. The molecular weight excluding hydrogens is 216 g/mol. The minimum absolute atomic E-state index is 0.319. The highest BCUT2D eigenvalue weighted by molar-refractivity contribution is 6.27. The molecule has 0 heterocycles. The molecule has 0 spiro atoms. The molecule has 0 radical (unpaired) electrons. The van der Waals surface area contributed by atoms with Crippen LogP contribution in [-0.2, 0) is 9.59 Å². The van der Waals surface area contributed by atoms with Crippen LogP contribution >= 0.6 is 0 Å². The van der Waals surface area contributed by atoms with E-state index in [1.165, 1.54) is 12.8 Å². The molecule has 16 heavy (non-hydrogen) atoms. The van der Waals surface area contributed by atoms with Gasteiger partial charge in [0.15, 0.2) is 0 Å². The minimum Gasteiger partial charge on any atom is -0.473 e. The van der Waals surface area contributed by atoms with E-state index in [0.29, 0.717) is 13.2 Å². The Morgan fingerprint density at radius 2 is 0.875 bits per heavy atom. The summed E-state index contributed by atoms with van der Waals surface area (Å²) in [4.78, 5) is 18.2. The Hall–Kier alpha value is -1.14. The fourth-order valence-electron chi connectivity index (χ4n) is 0.931. The van der Waals surface area contributed by atoms with Gasteiger partial charge in [-0.05, 0) is 12.8 Å². The van der Waals surface area contributed by atoms with Gasteiger partial charge >= 0.3 is 11.9 Å². The standard InChI is InChI=1S/C8H18O2.C2H2O4/c9-7-5-3-1-2-4-6-8-10;3-1(4)2(5)6/h9-10H,1-8H2;(H,3,4)(H,5,6). The lowest BCUT2D eigenvalue weighted by Crippen LogP contribution is -2.09. The molecule has 0 aliphatic rings. The molecule has 0 aromatic rings. The highest BCUT2D eigenvalue weighted by atomic mass is 16.4. The van der Waals surface area contributed by atoms with Crippen LogP contribution in [0.2, 0.25) is 0 Å². The normalized spacial score (nSPS) is 9.12. The number of aliphatic hydroxyl groups is 2. The molecule has 0 amide bonds. The van der Waals surface area contributed by atoms with Crippen LogP contribution in [0, 0.1) is 0 Å². The fourth-order valence-corrected chi connectivity index (χ4v) is 0.931. The second-order valence-electron chi connectivity index (χ2n) is 3.18. The summed E-state index contributed by atoms with van der Waals surface area (Å²) in [6.45, 7) is 0.639. The van der Waals surface area contributed by atoms with Gasteiger partial charge < -0.3 is 20.4 Å². The van der Waals surface area contributed by atoms with Crippen LogP contribution in [0.5, 0.6) is 0 Å². The summed E-state index contributed by atoms with van der Waals surface area (Å²) in [6.07, 6.45) is 6.50. The van der Waals surface area contributed by atoms with Gasteiger partial charge in [0.05, 0.1) is 0 Å². The first-order valence-electron chi connectivity index (χ1n) is 5.24. The Balaban J connectivity index is 0. The van der Waals surface area contributed by atoms with Gasteiger partial charge in [0.1, 0.15) is 0 Å². The topological polar surface area (TPSA) is 115 Å². The second kappa shape index (κ2) is 13.9. The highest BCUT2D eigenvalue weighted by Crippen LogP contribution is 2.03. The first kappa shape index (κ1) is 17.3. The van der Waals surface area contributed by atoms with Gasteiger partial charge in [-0.1, -0.05) is 25.7 Å². The van der Waals surface area contributed by atoms with Crippen LogP contribution < -0.4 is 0 Å². The van der Waals surface area contributed by atoms with Crippen molar-refractivity contribution in [1.29, 1.82) is 0 Å². The third-order valence-corrected chi connectivity index (χ3v) is 1.75. The Labute approximate surface area is 94.5 Å². The zero-order valence-electron chi connectivity index (χ0n) is 9.26. The number of carboxylic acids is 2. The zero-order valence-corrected chi connectivity index (χ0v) is 9.26. The summed E-state index contributed by atoms with van der Waals surface area (Å²) in [5.41, 5.74) is 0. The van der Waals surface area contributed by atoms with Crippen LogP contribution in [0.15, 0.2) is 0 Å². The largest absolute Gasteiger partial charge is 0.473 e. The van der Waals surface area contributed by atoms with E-state index in [2.05, 4.69) is 0 Å². The van der Waals surface area contributed by atoms with Crippen molar-refractivity contribution in [2.24, 2.45) is 0 Å². The molecule has 0 unspecified atom stereocenters. The van der Waals surface area contributed by atoms with E-state index in [4.69, 9.17) is 30.0 Å². The van der Waals surface area contributed by atoms with Crippen LogP contribution in [-0.4, -0.2) is 45.6 Å². The smallest absolute Gasteiger partial charge is 0.414 e. The van der Waals surface area contributed by atoms with Crippen molar-refractivity contribution in [2.45, 2.75) is 38.5 Å². The Kier molecular flexibility index (Phi) is 15.0. The summed E-state index contributed by atoms with van der Waals surface area (Å²) in [7, 11) is 0. The van der Waals surface area contributed by atoms with Gasteiger partial charge in [-0.15, -0.1) is 0 Å². The van der Waals surface area contributed by atoms with E-state index in [9.17, 15) is 0 Å². The Bertz CT molecular complexity index is 160. The summed E-state index contributed by atoms with van der Waals surface area (Å²) in [5.74, 6) is -3.65. The van der Waals surface area contributed by atoms with Crippen molar-refractivity contribution in [3.8, 4) is 0 Å². The molecule has 96 valence electrons. The van der Waals surface area contributed by atoms with Gasteiger partial charge in [0.25, 0.3) is 0 Å². The number of carbonyl (C=O) groups is 2. The highest BCUT2D eigenvalue weighted by Gasteiger charge is 2.04. The molecule has 6 heteroatoms. The molecule has 0 fully saturated rings. The Morgan fingerprint density at radius 3 is 1.06 bits per heavy atom. The van der Waals surface area contributed by atoms with Gasteiger partial charge in [-0.2, -0.15) is 0 Å². The first-order valence-corrected chi connectivity index (χ1v) is 5.24. The molecule has 6 nitrogen and oxygen atoms in total. The second-order valence-corrected chi connectivity index (χ2v) is 3.18. The molecule has 0 aliphatic heterocycles. The minimum atomic E-state index is -1.82. The number of hydrogen-bond acceptors (Lipinski definition) is 4. The maximum atomic E-state index is 9.10. The Morgan fingerprint density at radius 1 is 0.625 bits per heavy atom. The number of rotatable bonds is 7. The van der Waals surface area contributed by atoms with Gasteiger partial charge in [-0.25, -0.2) is 9.59 Å². The van der Waals surface area contributed by atoms with Crippen LogP contribution in [0.1, 0.15) is 38.5 Å². The summed E-state index contributed by atoms with van der Waals surface area (Å²) in [5, 5.41) is 31.6. The molecule has 0 aromatic carbocycles. The number of aliphatic carboxylic acids is 2. The molecular formula is C10H20O6. The van der Waals surface area contributed by atoms with E-state index >= 15 is 0 Å². The van der Waals surface area contributed by atoms with Gasteiger partial charge in [-0.3, -0.25) is 0 Å². The predicted octanol–water partition coefficient (Wildman–Crippen LogP) is 0.467. The van der Waals surface area contributed by atoms with E-state index in [-0.39, 0.29) is 0 Å². The maximum absolute atomic E-state index is 9.10. The lowest BCUT2D eigenvalue weighted by Gasteiger charge is -1.97. The van der Waals surface area contributed by atoms with Crippen molar-refractivity contribution >= 4 is 11.9 Å². The predicted molar refractivity (Wildman–Crippen MR) is 57.1 cm³/mol. The monoisotopic (exact) mass is 236 g/mol. The van der Waals surface area contributed by atoms with Crippen LogP contribution in [0.4, 0.5) is 0 Å². The molecule has 0 aromatic heterocycles. The van der Waals surface area contributed by atoms with E-state index in [1.807, 2.05) is 0 Å². The van der Waals surface area contributed by atoms with Crippen molar-refractivity contribution in [3.05, 3.63) is 0 Å². The molecule has 0 aliphatic carbocycles. The third kappa shape index (κ3) is 18.6. The number of aliphatic hydroxyl groups excluding tert-OH is 2. The quantitative estimate of drug-likeness (QED) is 0.377. The fraction of sp³-hybridized carbons (Fsp3) is 0.800. The van der Waals surface area contributed by atoms with E-state index < -0.39 is 11.9 Å². The first-order chi connectivity index (χ1) is 7.56. The number of unbranched alkanes of at least 4 members (excludes halogenated alkanes) is 5. The molecule has 4 N–H and O–H groups in total. The maximum Gasteiger partial charge on any atom is 0.414 e. The SMILES string of the molecule is O=C(O)C(=O)O.OCCCCCCCCO. The summed E-state index contributed by atoms with van der Waals surface area (Å²) in [6, 6.07) is 0. The molecule has 0 bridgehead atoms. The van der Waals surface area contributed by atoms with E-state index in [0.717, 1.165) is 25.7 Å². The lowest BCUT2D eigenvalue weighted by atomic mass is 10.1. The number of hydrogen-bond donors (Lipinski definition) is 4. The van der Waals surface area contributed by atoms with Crippen molar-refractivity contribution in [2.75, 3.05) is 13.2 Å². The molecule has 0 saturated carbocycles. The average Bonchev–Trinajstić information content (AvgIpc) is 2.24. The van der Waals surface area contributed by atoms with Crippen molar-refractivity contribution in [3.63, 3.8) is 0 Å². The van der Waals surface area contributed by atoms with Crippen molar-refractivity contribution in [1.82, 2.24) is 0 Å². The molecule has 0 rings (SSSR count). The van der Waals surface area contributed by atoms with E-state index in [1.54, 1.807) is 0 Å². The van der Waals surface area contributed by atoms with Gasteiger partial charge in [0, 0.05) is 13.2 Å². The molecule has 0 saturated heterocycles. The average molecular weight is 236 g/mol. The zero-order chi connectivity index (χ0) is 12.8. The van der Waals surface area contributed by atoms with Crippen LogP contribution in [0.3, 0.4) is 0 Å². The summed E-state index contributed by atoms with van der Waals surface area (Å²) < 4.78 is 0. The summed E-state index contributed by atoms with van der Waals surface area (Å²) >= 11 is 0. The lowest BCUT2D eigenvalue weighted by molar-refractivity contribution is -0.159.